The quantitative estimate of drug-likeness (QED) is 0.607. The zero-order valence-electron chi connectivity index (χ0n) is 8.50. The highest BCUT2D eigenvalue weighted by atomic mass is 16.5. The Balaban J connectivity index is 2.43. The molecule has 0 fully saturated rings. The van der Waals surface area contributed by atoms with E-state index in [1.807, 2.05) is 6.20 Å². The van der Waals surface area contributed by atoms with Gasteiger partial charge in [0.25, 0.3) is 0 Å². The molecule has 0 bridgehead atoms. The summed E-state index contributed by atoms with van der Waals surface area (Å²) in [5, 5.41) is 4.41. The summed E-state index contributed by atoms with van der Waals surface area (Å²) in [6.07, 6.45) is 2.92. The van der Waals surface area contributed by atoms with Crippen molar-refractivity contribution in [3.8, 4) is 0 Å². The van der Waals surface area contributed by atoms with Crippen LogP contribution >= 0.6 is 0 Å². The molecule has 0 spiro atoms. The van der Waals surface area contributed by atoms with Gasteiger partial charge in [-0.3, -0.25) is 4.68 Å². The molecular weight excluding hydrogens is 164 g/mol. The summed E-state index contributed by atoms with van der Waals surface area (Å²) in [7, 11) is 0. The van der Waals surface area contributed by atoms with E-state index < -0.39 is 0 Å². The lowest BCUT2D eigenvalue weighted by atomic mass is 10.1. The molecule has 1 aromatic heterocycles. The van der Waals surface area contributed by atoms with Crippen LogP contribution in [-0.4, -0.2) is 16.4 Å². The minimum Gasteiger partial charge on any atom is -0.376 e. The van der Waals surface area contributed by atoms with E-state index in [2.05, 4.69) is 30.6 Å². The second kappa shape index (κ2) is 2.84. The van der Waals surface area contributed by atoms with E-state index in [1.165, 1.54) is 11.3 Å². The number of aromatic nitrogens is 2. The van der Waals surface area contributed by atoms with E-state index >= 15 is 0 Å². The van der Waals surface area contributed by atoms with Crippen molar-refractivity contribution in [3.63, 3.8) is 0 Å². The third-order valence-electron chi connectivity index (χ3n) is 2.33. The molecule has 3 nitrogen and oxygen atoms in total. The molecule has 3 heteroatoms. The molecule has 2 rings (SSSR count). The van der Waals surface area contributed by atoms with Crippen LogP contribution in [0.15, 0.2) is 6.20 Å². The summed E-state index contributed by atoms with van der Waals surface area (Å²) in [5.41, 5.74) is 2.69. The smallest absolute Gasteiger partial charge is 0.0750 e. The fraction of sp³-hybridized carbons (Fsp3) is 0.700. The molecular formula is C10H16N2O. The summed E-state index contributed by atoms with van der Waals surface area (Å²) in [6, 6.07) is 0. The largest absolute Gasteiger partial charge is 0.376 e. The van der Waals surface area contributed by atoms with E-state index in [0.29, 0.717) is 0 Å². The number of rotatable bonds is 0. The normalized spacial score (nSPS) is 17.2. The SMILES string of the molecule is CC(C)(C)n1ncc2c1CCOC2. The van der Waals surface area contributed by atoms with Crippen LogP contribution in [0.25, 0.3) is 0 Å². The van der Waals surface area contributed by atoms with E-state index in [0.717, 1.165) is 19.6 Å². The Hall–Kier alpha value is -0.830. The average molecular weight is 180 g/mol. The lowest BCUT2D eigenvalue weighted by molar-refractivity contribution is 0.107. The molecule has 1 aromatic rings. The Bertz CT molecular complexity index is 309. The average Bonchev–Trinajstić information content (AvgIpc) is 2.45. The van der Waals surface area contributed by atoms with Gasteiger partial charge in [0.15, 0.2) is 0 Å². The molecule has 72 valence electrons. The van der Waals surface area contributed by atoms with Gasteiger partial charge < -0.3 is 4.74 Å². The van der Waals surface area contributed by atoms with Crippen LogP contribution in [0.2, 0.25) is 0 Å². The first kappa shape index (κ1) is 8.75. The first-order chi connectivity index (χ1) is 6.09. The highest BCUT2D eigenvalue weighted by Gasteiger charge is 2.22. The van der Waals surface area contributed by atoms with Gasteiger partial charge in [0.1, 0.15) is 0 Å². The van der Waals surface area contributed by atoms with Gasteiger partial charge in [-0.2, -0.15) is 5.10 Å². The van der Waals surface area contributed by atoms with Gasteiger partial charge in [0.05, 0.1) is 24.9 Å². The van der Waals surface area contributed by atoms with E-state index in [9.17, 15) is 0 Å². The predicted molar refractivity (Wildman–Crippen MR) is 50.6 cm³/mol. The Kier molecular flexibility index (Phi) is 1.91. The Morgan fingerprint density at radius 1 is 1.46 bits per heavy atom. The number of hydrogen-bond donors (Lipinski definition) is 0. The lowest BCUT2D eigenvalue weighted by Gasteiger charge is -2.24. The molecule has 0 N–H and O–H groups in total. The van der Waals surface area contributed by atoms with E-state index in [1.54, 1.807) is 0 Å². The summed E-state index contributed by atoms with van der Waals surface area (Å²) < 4.78 is 7.48. The molecule has 1 aliphatic rings. The van der Waals surface area contributed by atoms with Crippen molar-refractivity contribution in [2.24, 2.45) is 0 Å². The van der Waals surface area contributed by atoms with Crippen molar-refractivity contribution in [2.75, 3.05) is 6.61 Å². The number of fused-ring (bicyclic) bond motifs is 1. The lowest BCUT2D eigenvalue weighted by Crippen LogP contribution is -2.27. The van der Waals surface area contributed by atoms with Crippen molar-refractivity contribution in [2.45, 2.75) is 39.3 Å². The van der Waals surface area contributed by atoms with Crippen LogP contribution in [0.3, 0.4) is 0 Å². The standard InChI is InChI=1S/C10H16N2O/c1-10(2,3)12-9-4-5-13-7-8(9)6-11-12/h6H,4-5,7H2,1-3H3. The van der Waals surface area contributed by atoms with Crippen molar-refractivity contribution >= 4 is 0 Å². The first-order valence-electron chi connectivity index (χ1n) is 4.73. The van der Waals surface area contributed by atoms with Crippen molar-refractivity contribution in [1.82, 2.24) is 9.78 Å². The Morgan fingerprint density at radius 2 is 2.23 bits per heavy atom. The van der Waals surface area contributed by atoms with E-state index in [4.69, 9.17) is 4.74 Å². The van der Waals surface area contributed by atoms with Crippen LogP contribution in [0.5, 0.6) is 0 Å². The summed E-state index contributed by atoms with van der Waals surface area (Å²) in [5.74, 6) is 0. The van der Waals surface area contributed by atoms with Gasteiger partial charge in [0.2, 0.25) is 0 Å². The number of nitrogens with zero attached hydrogens (tertiary/aromatic N) is 2. The molecule has 0 saturated carbocycles. The van der Waals surface area contributed by atoms with Crippen LogP contribution < -0.4 is 0 Å². The van der Waals surface area contributed by atoms with Crippen LogP contribution in [-0.2, 0) is 23.3 Å². The van der Waals surface area contributed by atoms with Crippen LogP contribution in [0, 0.1) is 0 Å². The Labute approximate surface area is 78.7 Å². The molecule has 0 atom stereocenters. The molecule has 0 aliphatic carbocycles. The number of ether oxygens (including phenoxy) is 1. The van der Waals surface area contributed by atoms with Gasteiger partial charge in [-0.1, -0.05) is 0 Å². The maximum Gasteiger partial charge on any atom is 0.0750 e. The molecule has 2 heterocycles. The predicted octanol–water partition coefficient (Wildman–Crippen LogP) is 1.71. The van der Waals surface area contributed by atoms with Crippen molar-refractivity contribution in [3.05, 3.63) is 17.5 Å². The van der Waals surface area contributed by atoms with Gasteiger partial charge >= 0.3 is 0 Å². The van der Waals surface area contributed by atoms with Crippen molar-refractivity contribution in [1.29, 1.82) is 0 Å². The van der Waals surface area contributed by atoms with E-state index in [-0.39, 0.29) is 5.54 Å². The van der Waals surface area contributed by atoms with Crippen LogP contribution in [0.4, 0.5) is 0 Å². The maximum absolute atomic E-state index is 5.37. The van der Waals surface area contributed by atoms with Crippen LogP contribution in [0.1, 0.15) is 32.0 Å². The third-order valence-corrected chi connectivity index (χ3v) is 2.33. The molecule has 0 aromatic carbocycles. The molecule has 1 aliphatic heterocycles. The highest BCUT2D eigenvalue weighted by Crippen LogP contribution is 2.22. The monoisotopic (exact) mass is 180 g/mol. The van der Waals surface area contributed by atoms with Gasteiger partial charge in [-0.15, -0.1) is 0 Å². The topological polar surface area (TPSA) is 27.1 Å². The highest BCUT2D eigenvalue weighted by molar-refractivity contribution is 5.20. The fourth-order valence-corrected chi connectivity index (χ4v) is 1.72. The molecule has 13 heavy (non-hydrogen) atoms. The van der Waals surface area contributed by atoms with Gasteiger partial charge in [-0.25, -0.2) is 0 Å². The minimum absolute atomic E-state index is 0.0882. The zero-order chi connectivity index (χ0) is 9.47. The summed E-state index contributed by atoms with van der Waals surface area (Å²) in [4.78, 5) is 0. The second-order valence-corrected chi connectivity index (χ2v) is 4.50. The van der Waals surface area contributed by atoms with Crippen molar-refractivity contribution < 1.29 is 4.74 Å². The summed E-state index contributed by atoms with van der Waals surface area (Å²) >= 11 is 0. The first-order valence-corrected chi connectivity index (χ1v) is 4.73. The summed E-state index contributed by atoms with van der Waals surface area (Å²) in [6.45, 7) is 8.08. The maximum atomic E-state index is 5.37. The third kappa shape index (κ3) is 1.48. The second-order valence-electron chi connectivity index (χ2n) is 4.50. The molecule has 0 amide bonds. The van der Waals surface area contributed by atoms with Gasteiger partial charge in [0, 0.05) is 17.7 Å². The minimum atomic E-state index is 0.0882. The zero-order valence-corrected chi connectivity index (χ0v) is 8.50. The number of hydrogen-bond acceptors (Lipinski definition) is 2. The molecule has 0 saturated heterocycles. The molecule has 0 unspecified atom stereocenters. The Morgan fingerprint density at radius 3 is 2.92 bits per heavy atom. The fourth-order valence-electron chi connectivity index (χ4n) is 1.72. The van der Waals surface area contributed by atoms with Gasteiger partial charge in [-0.05, 0) is 20.8 Å². The molecule has 0 radical (unpaired) electrons.